The number of rotatable bonds is 8. The molecule has 1 amide bonds. The number of aromatic nitrogens is 5. The van der Waals surface area contributed by atoms with Gasteiger partial charge in [0.25, 0.3) is 5.91 Å². The van der Waals surface area contributed by atoms with E-state index in [1.807, 2.05) is 18.2 Å². The third kappa shape index (κ3) is 5.20. The van der Waals surface area contributed by atoms with Crippen LogP contribution in [0, 0.1) is 0 Å². The number of carbonyl (C=O) groups excluding carboxylic acids is 1. The zero-order chi connectivity index (χ0) is 25.4. The summed E-state index contributed by atoms with van der Waals surface area (Å²) >= 11 is 1.39. The smallest absolute Gasteiger partial charge is 0.326 e. The molecule has 2 fully saturated rings. The summed E-state index contributed by atoms with van der Waals surface area (Å²) in [6, 6.07) is 5.89. The van der Waals surface area contributed by atoms with Gasteiger partial charge in [0, 0.05) is 17.8 Å². The quantitative estimate of drug-likeness (QED) is 0.255. The highest BCUT2D eigenvalue weighted by atomic mass is 32.1. The van der Waals surface area contributed by atoms with Gasteiger partial charge >= 0.3 is 5.69 Å². The largest absolute Gasteiger partial charge is 0.493 e. The van der Waals surface area contributed by atoms with Crippen molar-refractivity contribution >= 4 is 29.0 Å². The Morgan fingerprint density at radius 1 is 1.27 bits per heavy atom. The van der Waals surface area contributed by atoms with Gasteiger partial charge in [0.2, 0.25) is 5.88 Å². The number of hydrogen-bond acceptors (Lipinski definition) is 8. The Labute approximate surface area is 215 Å². The van der Waals surface area contributed by atoms with Gasteiger partial charge in [-0.2, -0.15) is 9.61 Å². The summed E-state index contributed by atoms with van der Waals surface area (Å²) in [5, 5.41) is 18.1. The van der Waals surface area contributed by atoms with E-state index in [-0.39, 0.29) is 23.5 Å². The first-order valence-corrected chi connectivity index (χ1v) is 13.4. The minimum absolute atomic E-state index is 0.0769. The highest BCUT2D eigenvalue weighted by molar-refractivity contribution is 7.17. The summed E-state index contributed by atoms with van der Waals surface area (Å²) in [5.74, 6) is -0.329. The van der Waals surface area contributed by atoms with E-state index in [1.54, 1.807) is 16.8 Å². The van der Waals surface area contributed by atoms with Crippen LogP contribution in [-0.4, -0.2) is 72.7 Å². The fourth-order valence-corrected chi connectivity index (χ4v) is 5.40. The molecule has 0 unspecified atom stereocenters. The average Bonchev–Trinajstić information content (AvgIpc) is 3.30. The van der Waals surface area contributed by atoms with Crippen LogP contribution in [0.25, 0.3) is 22.3 Å². The molecule has 4 aromatic heterocycles. The Morgan fingerprint density at radius 2 is 2.11 bits per heavy atom. The van der Waals surface area contributed by atoms with E-state index in [0.717, 1.165) is 43.8 Å². The highest BCUT2D eigenvalue weighted by Gasteiger charge is 2.21. The molecule has 0 atom stereocenters. The number of thiophene rings is 1. The van der Waals surface area contributed by atoms with E-state index in [1.165, 1.54) is 24.2 Å². The zero-order valence-electron chi connectivity index (χ0n) is 20.2. The van der Waals surface area contributed by atoms with Gasteiger partial charge in [-0.1, -0.05) is 0 Å². The molecule has 0 radical (unpaired) electrons. The van der Waals surface area contributed by atoms with Gasteiger partial charge in [-0.25, -0.2) is 9.78 Å². The third-order valence-electron chi connectivity index (χ3n) is 6.59. The van der Waals surface area contributed by atoms with E-state index in [0.29, 0.717) is 33.5 Å². The Bertz CT molecular complexity index is 1620. The monoisotopic (exact) mass is 520 g/mol. The van der Waals surface area contributed by atoms with E-state index < -0.39 is 5.69 Å². The molecule has 4 aromatic rings. The van der Waals surface area contributed by atoms with Crippen molar-refractivity contribution in [2.24, 2.45) is 4.99 Å². The fourth-order valence-electron chi connectivity index (χ4n) is 4.52. The second kappa shape index (κ2) is 9.94. The maximum atomic E-state index is 12.7. The van der Waals surface area contributed by atoms with Crippen molar-refractivity contribution in [2.75, 3.05) is 26.2 Å². The summed E-state index contributed by atoms with van der Waals surface area (Å²) in [7, 11) is 0. The molecule has 0 bridgehead atoms. The van der Waals surface area contributed by atoms with E-state index in [9.17, 15) is 14.7 Å². The zero-order valence-corrected chi connectivity index (χ0v) is 21.1. The van der Waals surface area contributed by atoms with Crippen molar-refractivity contribution in [1.29, 1.82) is 0 Å². The Kier molecular flexibility index (Phi) is 6.35. The van der Waals surface area contributed by atoms with Crippen LogP contribution in [0.5, 0.6) is 5.88 Å². The first-order valence-electron chi connectivity index (χ1n) is 12.6. The first-order chi connectivity index (χ1) is 18.0. The maximum absolute atomic E-state index is 12.7. The van der Waals surface area contributed by atoms with Crippen molar-refractivity contribution in [3.05, 3.63) is 56.2 Å². The van der Waals surface area contributed by atoms with Crippen LogP contribution in [0.3, 0.4) is 0 Å². The number of hydrogen-bond donors (Lipinski definition) is 4. The van der Waals surface area contributed by atoms with E-state index >= 15 is 0 Å². The Hall–Kier alpha value is -3.77. The lowest BCUT2D eigenvalue weighted by Gasteiger charge is -2.14. The molecule has 0 spiro atoms. The number of nitrogens with one attached hydrogen (secondary N) is 3. The number of carbonyl (C=O) groups is 1. The standard InChI is InChI=1S/C25H28N8O3S/c34-23-18(30-25(36)31-23)12-15-14-27-33-21(28-16-4-5-16)13-17(29-22(15)33)19-6-7-20(37-19)24(35)26-8-3-11-32-9-1-2-10-32/h6-7,12-14,16,34H,1-5,8-11H2,(H,26,35)(H2,30,31,36)/b15-12+,28-21?. The number of H-pyrrole nitrogens is 2. The predicted octanol–water partition coefficient (Wildman–Crippen LogP) is 1.01. The summed E-state index contributed by atoms with van der Waals surface area (Å²) in [5.41, 5.74) is 1.65. The van der Waals surface area contributed by atoms with Gasteiger partial charge in [-0.05, 0) is 69.9 Å². The highest BCUT2D eigenvalue weighted by Crippen LogP contribution is 2.27. The number of fused-ring (bicyclic) bond motifs is 1. The van der Waals surface area contributed by atoms with Crippen LogP contribution >= 0.6 is 11.3 Å². The van der Waals surface area contributed by atoms with E-state index in [4.69, 9.17) is 9.98 Å². The van der Waals surface area contributed by atoms with Crippen LogP contribution in [0.1, 0.15) is 47.5 Å². The van der Waals surface area contributed by atoms with Gasteiger partial charge in [-0.15, -0.1) is 11.3 Å². The van der Waals surface area contributed by atoms with Gasteiger partial charge in [-0.3, -0.25) is 14.8 Å². The molecule has 12 heteroatoms. The third-order valence-corrected chi connectivity index (χ3v) is 7.70. The number of aromatic amines is 2. The second-order valence-corrected chi connectivity index (χ2v) is 10.6. The predicted molar refractivity (Wildman–Crippen MR) is 139 cm³/mol. The number of imidazole rings is 1. The summed E-state index contributed by atoms with van der Waals surface area (Å²) in [6.07, 6.45) is 8.80. The summed E-state index contributed by atoms with van der Waals surface area (Å²) < 4.78 is 1.66. The van der Waals surface area contributed by atoms with Crippen molar-refractivity contribution in [2.45, 2.75) is 38.1 Å². The minimum Gasteiger partial charge on any atom is -0.493 e. The van der Waals surface area contributed by atoms with Gasteiger partial charge < -0.3 is 20.3 Å². The van der Waals surface area contributed by atoms with Crippen molar-refractivity contribution in [3.8, 4) is 16.5 Å². The van der Waals surface area contributed by atoms with Crippen molar-refractivity contribution in [3.63, 3.8) is 0 Å². The van der Waals surface area contributed by atoms with Gasteiger partial charge in [0.15, 0.2) is 11.1 Å². The lowest BCUT2D eigenvalue weighted by molar-refractivity contribution is 0.0956. The van der Waals surface area contributed by atoms with Crippen molar-refractivity contribution in [1.82, 2.24) is 34.8 Å². The van der Waals surface area contributed by atoms with Crippen LogP contribution in [-0.2, 0) is 0 Å². The normalized spacial score (nSPS) is 17.3. The molecule has 1 saturated heterocycles. The molecule has 1 saturated carbocycles. The molecule has 1 aliphatic carbocycles. The number of aromatic hydroxyl groups is 1. The molecular formula is C25H28N8O3S. The lowest BCUT2D eigenvalue weighted by Crippen LogP contribution is -2.28. The van der Waals surface area contributed by atoms with Crippen molar-refractivity contribution < 1.29 is 9.90 Å². The molecule has 6 rings (SSSR count). The molecule has 192 valence electrons. The molecule has 5 heterocycles. The molecule has 1 aliphatic heterocycles. The van der Waals surface area contributed by atoms with Crippen LogP contribution in [0.15, 0.2) is 34.2 Å². The molecular weight excluding hydrogens is 492 g/mol. The minimum atomic E-state index is -0.501. The molecule has 0 aromatic carbocycles. The van der Waals surface area contributed by atoms with Crippen LogP contribution in [0.2, 0.25) is 0 Å². The Morgan fingerprint density at radius 3 is 2.86 bits per heavy atom. The SMILES string of the molecule is O=C(NCCCN1CCCC1)c1ccc(-c2cc(=NC3CC3)n3nc/c(=C\c4[nH]c(=O)[nH]c4O)c3n2)s1. The molecule has 37 heavy (non-hydrogen) atoms. The van der Waals surface area contributed by atoms with Gasteiger partial charge in [0.05, 0.1) is 27.7 Å². The van der Waals surface area contributed by atoms with E-state index in [2.05, 4.69) is 25.3 Å². The summed E-state index contributed by atoms with van der Waals surface area (Å²) in [6.45, 7) is 4.00. The molecule has 11 nitrogen and oxygen atoms in total. The van der Waals surface area contributed by atoms with Crippen LogP contribution in [0.4, 0.5) is 0 Å². The lowest BCUT2D eigenvalue weighted by atomic mass is 10.3. The maximum Gasteiger partial charge on any atom is 0.326 e. The average molecular weight is 521 g/mol. The fraction of sp³-hybridized carbons (Fsp3) is 0.400. The molecule has 4 N–H and O–H groups in total. The second-order valence-electron chi connectivity index (χ2n) is 9.50. The van der Waals surface area contributed by atoms with Crippen LogP contribution < -0.4 is 21.7 Å². The number of nitrogens with zero attached hydrogens (tertiary/aromatic N) is 5. The number of amides is 1. The first kappa shape index (κ1) is 23.6. The summed E-state index contributed by atoms with van der Waals surface area (Å²) in [4.78, 5) is 42.7. The Balaban J connectivity index is 1.28. The van der Waals surface area contributed by atoms with Gasteiger partial charge in [0.1, 0.15) is 5.69 Å². The topological polar surface area (TPSA) is 144 Å². The number of likely N-dealkylation sites (tertiary alicyclic amines) is 1. The molecule has 2 aliphatic rings.